The van der Waals surface area contributed by atoms with Crippen molar-refractivity contribution in [2.75, 3.05) is 20.6 Å². The van der Waals surface area contributed by atoms with E-state index in [4.69, 9.17) is 11.6 Å². The molecule has 0 aliphatic carbocycles. The van der Waals surface area contributed by atoms with E-state index in [1.165, 1.54) is 0 Å². The molecule has 0 amide bonds. The predicted molar refractivity (Wildman–Crippen MR) is 77.8 cm³/mol. The molecule has 0 atom stereocenters. The van der Waals surface area contributed by atoms with Gasteiger partial charge < -0.3 is 4.90 Å². The van der Waals surface area contributed by atoms with Gasteiger partial charge in [-0.05, 0) is 37.9 Å². The van der Waals surface area contributed by atoms with Gasteiger partial charge in [-0.1, -0.05) is 43.7 Å². The topological polar surface area (TPSA) is 20.3 Å². The maximum absolute atomic E-state index is 12.1. The van der Waals surface area contributed by atoms with Crippen LogP contribution < -0.4 is 0 Å². The molecule has 0 aliphatic heterocycles. The van der Waals surface area contributed by atoms with Crippen LogP contribution >= 0.6 is 11.6 Å². The van der Waals surface area contributed by atoms with E-state index < -0.39 is 0 Å². The highest BCUT2D eigenvalue weighted by Crippen LogP contribution is 2.19. The summed E-state index contributed by atoms with van der Waals surface area (Å²) in [5.74, 6) is 0.131. The first kappa shape index (κ1) is 14.9. The van der Waals surface area contributed by atoms with Crippen molar-refractivity contribution >= 4 is 23.5 Å². The van der Waals surface area contributed by atoms with Crippen molar-refractivity contribution in [1.82, 2.24) is 4.90 Å². The minimum absolute atomic E-state index is 0.131. The quantitative estimate of drug-likeness (QED) is 0.760. The number of allylic oxidation sites excluding steroid dienone is 1. The molecular formula is C15H20ClNO. The zero-order chi connectivity index (χ0) is 13.8. The summed E-state index contributed by atoms with van der Waals surface area (Å²) in [6, 6.07) is 7.42. The van der Waals surface area contributed by atoms with Crippen LogP contribution in [0.15, 0.2) is 30.3 Å². The first-order valence-corrected chi connectivity index (χ1v) is 6.32. The van der Waals surface area contributed by atoms with Crippen molar-refractivity contribution in [1.29, 1.82) is 0 Å². The van der Waals surface area contributed by atoms with Gasteiger partial charge in [0.25, 0.3) is 0 Å². The number of halogens is 1. The Kier molecular flexibility index (Phi) is 5.12. The Morgan fingerprint density at radius 2 is 1.83 bits per heavy atom. The number of hydrogen-bond acceptors (Lipinski definition) is 2. The van der Waals surface area contributed by atoms with Gasteiger partial charge in [0.05, 0.1) is 0 Å². The third-order valence-corrected chi connectivity index (χ3v) is 2.93. The molecule has 0 saturated carbocycles. The lowest BCUT2D eigenvalue weighted by molar-refractivity contribution is -0.122. The molecule has 0 spiro atoms. The summed E-state index contributed by atoms with van der Waals surface area (Å²) < 4.78 is 0. The zero-order valence-corrected chi connectivity index (χ0v) is 12.2. The Balaban J connectivity index is 2.72. The summed E-state index contributed by atoms with van der Waals surface area (Å²) in [5, 5.41) is 0.700. The van der Waals surface area contributed by atoms with Crippen LogP contribution in [-0.4, -0.2) is 31.3 Å². The van der Waals surface area contributed by atoms with Crippen molar-refractivity contribution in [2.24, 2.45) is 5.41 Å². The van der Waals surface area contributed by atoms with E-state index in [1.54, 1.807) is 6.08 Å². The normalized spacial score (nSPS) is 12.3. The molecule has 98 valence electrons. The fourth-order valence-electron chi connectivity index (χ4n) is 1.84. The molecule has 0 radical (unpaired) electrons. The molecular weight excluding hydrogens is 246 g/mol. The van der Waals surface area contributed by atoms with E-state index in [0.717, 1.165) is 12.1 Å². The van der Waals surface area contributed by atoms with Crippen LogP contribution in [0.5, 0.6) is 0 Å². The van der Waals surface area contributed by atoms with E-state index in [1.807, 2.05) is 63.2 Å². The first-order valence-electron chi connectivity index (χ1n) is 5.94. The van der Waals surface area contributed by atoms with E-state index in [-0.39, 0.29) is 11.2 Å². The molecule has 0 aliphatic rings. The Labute approximate surface area is 114 Å². The number of carbonyl (C=O) groups is 1. The lowest BCUT2D eigenvalue weighted by Gasteiger charge is -2.25. The molecule has 1 rings (SSSR count). The summed E-state index contributed by atoms with van der Waals surface area (Å²) in [6.45, 7) is 4.65. The number of hydrogen-bond donors (Lipinski definition) is 0. The van der Waals surface area contributed by atoms with Gasteiger partial charge in [-0.15, -0.1) is 0 Å². The third-order valence-electron chi connectivity index (χ3n) is 2.68. The maximum Gasteiger partial charge on any atom is 0.162 e. The maximum atomic E-state index is 12.1. The van der Waals surface area contributed by atoms with Gasteiger partial charge in [0.1, 0.15) is 0 Å². The van der Waals surface area contributed by atoms with Crippen molar-refractivity contribution in [3.63, 3.8) is 0 Å². The smallest absolute Gasteiger partial charge is 0.162 e. The Hall–Kier alpha value is -1.12. The molecule has 0 saturated heterocycles. The van der Waals surface area contributed by atoms with E-state index in [2.05, 4.69) is 0 Å². The second-order valence-corrected chi connectivity index (χ2v) is 5.81. The van der Waals surface area contributed by atoms with Crippen LogP contribution in [0.4, 0.5) is 0 Å². The van der Waals surface area contributed by atoms with Gasteiger partial charge in [0.2, 0.25) is 0 Å². The van der Waals surface area contributed by atoms with Crippen LogP contribution in [-0.2, 0) is 4.79 Å². The van der Waals surface area contributed by atoms with Crippen molar-refractivity contribution in [3.05, 3.63) is 40.9 Å². The molecule has 1 aromatic rings. The fourth-order valence-corrected chi connectivity index (χ4v) is 1.97. The molecule has 2 nitrogen and oxygen atoms in total. The summed E-state index contributed by atoms with van der Waals surface area (Å²) >= 11 is 5.81. The van der Waals surface area contributed by atoms with Gasteiger partial charge in [-0.3, -0.25) is 4.79 Å². The SMILES string of the molecule is CN(C)CC(C)(C)C(=O)/C=C/c1ccc(Cl)cc1. The van der Waals surface area contributed by atoms with Crippen LogP contribution in [0.1, 0.15) is 19.4 Å². The van der Waals surface area contributed by atoms with E-state index >= 15 is 0 Å². The number of benzene rings is 1. The number of carbonyl (C=O) groups excluding carboxylic acids is 1. The first-order chi connectivity index (χ1) is 8.31. The highest BCUT2D eigenvalue weighted by atomic mass is 35.5. The Morgan fingerprint density at radius 1 is 1.28 bits per heavy atom. The highest BCUT2D eigenvalue weighted by molar-refractivity contribution is 6.30. The molecule has 18 heavy (non-hydrogen) atoms. The molecule has 0 N–H and O–H groups in total. The summed E-state index contributed by atoms with van der Waals surface area (Å²) in [5.41, 5.74) is 0.611. The lowest BCUT2D eigenvalue weighted by Crippen LogP contribution is -2.34. The standard InChI is InChI=1S/C15H20ClNO/c1-15(2,11-17(3)4)14(18)10-7-12-5-8-13(16)9-6-12/h5-10H,11H2,1-4H3/b10-7+. The monoisotopic (exact) mass is 265 g/mol. The van der Waals surface area contributed by atoms with Gasteiger partial charge in [0.15, 0.2) is 5.78 Å². The van der Waals surface area contributed by atoms with Gasteiger partial charge >= 0.3 is 0 Å². The van der Waals surface area contributed by atoms with Crippen LogP contribution in [0, 0.1) is 5.41 Å². The van der Waals surface area contributed by atoms with Crippen LogP contribution in [0.3, 0.4) is 0 Å². The highest BCUT2D eigenvalue weighted by Gasteiger charge is 2.25. The van der Waals surface area contributed by atoms with Crippen LogP contribution in [0.2, 0.25) is 5.02 Å². The molecule has 0 heterocycles. The molecule has 0 fully saturated rings. The zero-order valence-electron chi connectivity index (χ0n) is 11.4. The number of rotatable bonds is 5. The largest absolute Gasteiger partial charge is 0.308 e. The summed E-state index contributed by atoms with van der Waals surface area (Å²) in [4.78, 5) is 14.1. The van der Waals surface area contributed by atoms with E-state index in [0.29, 0.717) is 5.02 Å². The fraction of sp³-hybridized carbons (Fsp3) is 0.400. The molecule has 0 bridgehead atoms. The third kappa shape index (κ3) is 4.63. The Morgan fingerprint density at radius 3 is 2.33 bits per heavy atom. The van der Waals surface area contributed by atoms with Crippen molar-refractivity contribution in [2.45, 2.75) is 13.8 Å². The molecule has 0 aromatic heterocycles. The van der Waals surface area contributed by atoms with Gasteiger partial charge in [-0.25, -0.2) is 0 Å². The minimum atomic E-state index is -0.369. The average molecular weight is 266 g/mol. The predicted octanol–water partition coefficient (Wildman–Crippen LogP) is 3.51. The van der Waals surface area contributed by atoms with Gasteiger partial charge in [-0.2, -0.15) is 0 Å². The number of ketones is 1. The second kappa shape index (κ2) is 6.17. The summed E-state index contributed by atoms with van der Waals surface area (Å²) in [6.07, 6.45) is 3.48. The van der Waals surface area contributed by atoms with E-state index in [9.17, 15) is 4.79 Å². The van der Waals surface area contributed by atoms with Crippen LogP contribution in [0.25, 0.3) is 6.08 Å². The molecule has 1 aromatic carbocycles. The lowest BCUT2D eigenvalue weighted by atomic mass is 9.87. The molecule has 0 unspecified atom stereocenters. The van der Waals surface area contributed by atoms with Gasteiger partial charge in [0, 0.05) is 17.0 Å². The number of nitrogens with zero attached hydrogens (tertiary/aromatic N) is 1. The summed E-state index contributed by atoms with van der Waals surface area (Å²) in [7, 11) is 3.94. The average Bonchev–Trinajstić information content (AvgIpc) is 2.26. The molecule has 3 heteroatoms. The second-order valence-electron chi connectivity index (χ2n) is 5.37. The Bertz CT molecular complexity index is 432. The van der Waals surface area contributed by atoms with Crippen molar-refractivity contribution in [3.8, 4) is 0 Å². The minimum Gasteiger partial charge on any atom is -0.308 e. The van der Waals surface area contributed by atoms with Crippen molar-refractivity contribution < 1.29 is 4.79 Å².